The predicted molar refractivity (Wildman–Crippen MR) is 112 cm³/mol. The van der Waals surface area contributed by atoms with Gasteiger partial charge < -0.3 is 16.4 Å². The quantitative estimate of drug-likeness (QED) is 0.702. The van der Waals surface area contributed by atoms with E-state index >= 15 is 0 Å². The van der Waals surface area contributed by atoms with E-state index in [1.54, 1.807) is 36.7 Å². The first-order valence-corrected chi connectivity index (χ1v) is 8.11. The molecule has 4 N–H and O–H groups in total. The van der Waals surface area contributed by atoms with Gasteiger partial charge in [-0.15, -0.1) is 24.8 Å². The molecule has 0 radical (unpaired) electrons. The zero-order valence-corrected chi connectivity index (χ0v) is 17.2. The van der Waals surface area contributed by atoms with Crippen molar-refractivity contribution in [2.24, 2.45) is 11.1 Å². The van der Waals surface area contributed by atoms with Gasteiger partial charge in [0.1, 0.15) is 0 Å². The van der Waals surface area contributed by atoms with Crippen molar-refractivity contribution in [3.05, 3.63) is 59.9 Å². The molecular weight excluding hydrogens is 387 g/mol. The Hall–Kier alpha value is -2.15. The van der Waals surface area contributed by atoms with Gasteiger partial charge in [0, 0.05) is 30.2 Å². The molecular formula is C19H26Cl2N4O2. The highest BCUT2D eigenvalue weighted by molar-refractivity contribution is 6.04. The monoisotopic (exact) mass is 412 g/mol. The predicted octanol–water partition coefficient (Wildman–Crippen LogP) is 3.17. The molecule has 2 aromatic rings. The fourth-order valence-corrected chi connectivity index (χ4v) is 2.10. The Kier molecular flexibility index (Phi) is 10.0. The van der Waals surface area contributed by atoms with E-state index in [1.165, 1.54) is 0 Å². The van der Waals surface area contributed by atoms with Gasteiger partial charge in [0.15, 0.2) is 0 Å². The minimum Gasteiger partial charge on any atom is -0.351 e. The van der Waals surface area contributed by atoms with Crippen LogP contribution in [0.25, 0.3) is 0 Å². The Labute approximate surface area is 172 Å². The third kappa shape index (κ3) is 7.54. The van der Waals surface area contributed by atoms with Gasteiger partial charge in [0.25, 0.3) is 5.91 Å². The molecule has 0 aliphatic carbocycles. The largest absolute Gasteiger partial charge is 0.351 e. The number of nitrogens with two attached hydrogens (primary N) is 1. The summed E-state index contributed by atoms with van der Waals surface area (Å²) in [6.45, 7) is 6.14. The van der Waals surface area contributed by atoms with E-state index in [9.17, 15) is 9.59 Å². The van der Waals surface area contributed by atoms with Gasteiger partial charge in [-0.05, 0) is 35.2 Å². The number of pyridine rings is 1. The molecule has 1 heterocycles. The van der Waals surface area contributed by atoms with Crippen LogP contribution in [-0.4, -0.2) is 22.8 Å². The number of benzene rings is 1. The molecule has 0 spiro atoms. The maximum absolute atomic E-state index is 12.2. The molecule has 1 aromatic heterocycles. The number of carbonyl (C=O) groups is 2. The molecule has 8 heteroatoms. The number of carbonyl (C=O) groups excluding carboxylic acids is 2. The van der Waals surface area contributed by atoms with Gasteiger partial charge >= 0.3 is 0 Å². The molecule has 0 saturated heterocycles. The first-order valence-electron chi connectivity index (χ1n) is 8.11. The van der Waals surface area contributed by atoms with Crippen LogP contribution >= 0.6 is 24.8 Å². The van der Waals surface area contributed by atoms with Crippen LogP contribution in [0, 0.1) is 5.41 Å². The van der Waals surface area contributed by atoms with Gasteiger partial charge in [-0.2, -0.15) is 0 Å². The van der Waals surface area contributed by atoms with Gasteiger partial charge in [-0.1, -0.05) is 32.9 Å². The zero-order chi connectivity index (χ0) is 18.4. The topological polar surface area (TPSA) is 97.1 Å². The van der Waals surface area contributed by atoms with Crippen molar-refractivity contribution in [3.63, 3.8) is 0 Å². The molecule has 0 fully saturated rings. The first kappa shape index (κ1) is 24.8. The Morgan fingerprint density at radius 2 is 1.59 bits per heavy atom. The SMILES string of the molecule is CC(C)(C)[C@H](N)C(=O)NCc1ccc(C(=O)Nc2ccncc2)cc1.Cl.Cl. The normalized spacial score (nSPS) is 11.4. The molecule has 2 amide bonds. The summed E-state index contributed by atoms with van der Waals surface area (Å²) in [7, 11) is 0. The lowest BCUT2D eigenvalue weighted by Crippen LogP contribution is -2.48. The van der Waals surface area contributed by atoms with Crippen LogP contribution < -0.4 is 16.4 Å². The van der Waals surface area contributed by atoms with E-state index in [4.69, 9.17) is 5.73 Å². The summed E-state index contributed by atoms with van der Waals surface area (Å²) >= 11 is 0. The molecule has 0 unspecified atom stereocenters. The van der Waals surface area contributed by atoms with Gasteiger partial charge in [-0.3, -0.25) is 14.6 Å². The van der Waals surface area contributed by atoms with Crippen molar-refractivity contribution < 1.29 is 9.59 Å². The van der Waals surface area contributed by atoms with Gasteiger partial charge in [0.05, 0.1) is 6.04 Å². The van der Waals surface area contributed by atoms with Crippen LogP contribution in [0.1, 0.15) is 36.7 Å². The zero-order valence-electron chi connectivity index (χ0n) is 15.6. The number of hydrogen-bond donors (Lipinski definition) is 3. The van der Waals surface area contributed by atoms with Crippen LogP contribution in [0.2, 0.25) is 0 Å². The highest BCUT2D eigenvalue weighted by atomic mass is 35.5. The molecule has 27 heavy (non-hydrogen) atoms. The smallest absolute Gasteiger partial charge is 0.255 e. The third-order valence-electron chi connectivity index (χ3n) is 3.84. The Morgan fingerprint density at radius 1 is 1.04 bits per heavy atom. The van der Waals surface area contributed by atoms with E-state index in [2.05, 4.69) is 15.6 Å². The molecule has 0 saturated carbocycles. The van der Waals surface area contributed by atoms with Crippen molar-refractivity contribution in [2.75, 3.05) is 5.32 Å². The number of rotatable bonds is 5. The van der Waals surface area contributed by atoms with Crippen molar-refractivity contribution >= 4 is 42.3 Å². The lowest BCUT2D eigenvalue weighted by atomic mass is 9.87. The maximum atomic E-state index is 12.2. The average Bonchev–Trinajstić information content (AvgIpc) is 2.59. The second-order valence-corrected chi connectivity index (χ2v) is 6.95. The van der Waals surface area contributed by atoms with Crippen LogP contribution in [0.15, 0.2) is 48.8 Å². The van der Waals surface area contributed by atoms with E-state index < -0.39 is 6.04 Å². The number of hydrogen-bond acceptors (Lipinski definition) is 4. The van der Waals surface area contributed by atoms with E-state index in [0.29, 0.717) is 17.8 Å². The molecule has 1 atom stereocenters. The fourth-order valence-electron chi connectivity index (χ4n) is 2.10. The van der Waals surface area contributed by atoms with Crippen molar-refractivity contribution in [1.29, 1.82) is 0 Å². The first-order chi connectivity index (χ1) is 11.8. The summed E-state index contributed by atoms with van der Waals surface area (Å²) in [5.41, 5.74) is 7.76. The molecule has 1 aromatic carbocycles. The summed E-state index contributed by atoms with van der Waals surface area (Å²) in [6.07, 6.45) is 3.23. The number of aromatic nitrogens is 1. The van der Waals surface area contributed by atoms with Crippen LogP contribution in [0.4, 0.5) is 5.69 Å². The van der Waals surface area contributed by atoms with Crippen molar-refractivity contribution in [3.8, 4) is 0 Å². The lowest BCUT2D eigenvalue weighted by Gasteiger charge is -2.25. The Bertz CT molecular complexity index is 732. The summed E-state index contributed by atoms with van der Waals surface area (Å²) in [5, 5.41) is 5.62. The highest BCUT2D eigenvalue weighted by Crippen LogP contribution is 2.17. The minimum absolute atomic E-state index is 0. The Balaban J connectivity index is 0.00000338. The van der Waals surface area contributed by atoms with Crippen molar-refractivity contribution in [2.45, 2.75) is 33.4 Å². The van der Waals surface area contributed by atoms with Crippen LogP contribution in [-0.2, 0) is 11.3 Å². The van der Waals surface area contributed by atoms with Crippen molar-refractivity contribution in [1.82, 2.24) is 10.3 Å². The summed E-state index contributed by atoms with van der Waals surface area (Å²) in [5.74, 6) is -0.386. The summed E-state index contributed by atoms with van der Waals surface area (Å²) < 4.78 is 0. The number of anilines is 1. The molecule has 148 valence electrons. The fraction of sp³-hybridized carbons (Fsp3) is 0.316. The summed E-state index contributed by atoms with van der Waals surface area (Å²) in [6, 6.07) is 9.94. The average molecular weight is 413 g/mol. The highest BCUT2D eigenvalue weighted by Gasteiger charge is 2.27. The van der Waals surface area contributed by atoms with E-state index in [1.807, 2.05) is 32.9 Å². The number of nitrogens with one attached hydrogen (secondary N) is 2. The van der Waals surface area contributed by atoms with E-state index in [0.717, 1.165) is 5.56 Å². The lowest BCUT2D eigenvalue weighted by molar-refractivity contribution is -0.124. The molecule has 0 bridgehead atoms. The van der Waals surface area contributed by atoms with Gasteiger partial charge in [-0.25, -0.2) is 0 Å². The summed E-state index contributed by atoms with van der Waals surface area (Å²) in [4.78, 5) is 28.1. The molecule has 0 aliphatic rings. The van der Waals surface area contributed by atoms with Gasteiger partial charge in [0.2, 0.25) is 5.91 Å². The minimum atomic E-state index is -0.571. The Morgan fingerprint density at radius 3 is 2.11 bits per heavy atom. The second kappa shape index (κ2) is 10.9. The second-order valence-electron chi connectivity index (χ2n) is 6.95. The standard InChI is InChI=1S/C19H24N4O2.2ClH/c1-19(2,3)16(20)18(25)22-12-13-4-6-14(7-5-13)17(24)23-15-8-10-21-11-9-15;;/h4-11,16H,12,20H2,1-3H3,(H,22,25)(H,21,23,24);2*1H/t16-;;/m1../s1. The third-order valence-corrected chi connectivity index (χ3v) is 3.84. The number of nitrogens with zero attached hydrogens (tertiary/aromatic N) is 1. The molecule has 2 rings (SSSR count). The molecule has 6 nitrogen and oxygen atoms in total. The maximum Gasteiger partial charge on any atom is 0.255 e. The number of halogens is 2. The van der Waals surface area contributed by atoms with E-state index in [-0.39, 0.29) is 42.0 Å². The van der Waals surface area contributed by atoms with Crippen LogP contribution in [0.5, 0.6) is 0 Å². The number of amides is 2. The van der Waals surface area contributed by atoms with Crippen LogP contribution in [0.3, 0.4) is 0 Å². The molecule has 0 aliphatic heterocycles.